The number of carbonyl (C=O) groups is 4. The third-order valence-corrected chi connectivity index (χ3v) is 0.757. The summed E-state index contributed by atoms with van der Waals surface area (Å²) in [6.07, 6.45) is -1.39. The first-order valence-corrected chi connectivity index (χ1v) is 2.91. The van der Waals surface area contributed by atoms with Gasteiger partial charge in [0, 0.05) is 6.92 Å². The number of hydrogen-bond acceptors (Lipinski definition) is 6. The molecular weight excluding hydrogens is 168 g/mol. The van der Waals surface area contributed by atoms with Crippen LogP contribution in [-0.4, -0.2) is 30.8 Å². The van der Waals surface area contributed by atoms with E-state index in [0.717, 1.165) is 0 Å². The zero-order chi connectivity index (χ0) is 9.56. The van der Waals surface area contributed by atoms with E-state index < -0.39 is 18.2 Å². The number of rotatable bonds is 4. The van der Waals surface area contributed by atoms with E-state index >= 15 is 0 Å². The topological polar surface area (TPSA) is 86.7 Å². The lowest BCUT2D eigenvalue weighted by Crippen LogP contribution is -2.22. The molecule has 0 amide bonds. The maximum Gasteiger partial charge on any atom is 0.374 e. The van der Waals surface area contributed by atoms with Crippen molar-refractivity contribution in [3.05, 3.63) is 0 Å². The highest BCUT2D eigenvalue weighted by atomic mass is 16.7. The first-order chi connectivity index (χ1) is 5.60. The molecule has 0 N–H and O–H groups in total. The van der Waals surface area contributed by atoms with Crippen molar-refractivity contribution in [2.24, 2.45) is 0 Å². The minimum Gasteiger partial charge on any atom is -0.420 e. The Hall–Kier alpha value is -1.72. The van der Waals surface area contributed by atoms with Crippen molar-refractivity contribution >= 4 is 24.5 Å². The molecule has 0 saturated heterocycles. The normalized spacial score (nSPS) is 8.83. The molecule has 0 aromatic rings. The molecule has 66 valence electrons. The molecule has 0 rings (SSSR count). The van der Waals surface area contributed by atoms with Gasteiger partial charge in [-0.2, -0.15) is 0 Å². The van der Waals surface area contributed by atoms with Crippen LogP contribution in [0, 0.1) is 0 Å². The van der Waals surface area contributed by atoms with Crippen LogP contribution in [0.25, 0.3) is 0 Å². The van der Waals surface area contributed by atoms with Crippen molar-refractivity contribution in [2.45, 2.75) is 13.2 Å². The summed E-state index contributed by atoms with van der Waals surface area (Å²) in [5, 5.41) is 0. The van der Waals surface area contributed by atoms with E-state index in [-0.39, 0.29) is 12.6 Å². The molecule has 0 aliphatic carbocycles. The first-order valence-electron chi connectivity index (χ1n) is 2.91. The van der Waals surface area contributed by atoms with Crippen molar-refractivity contribution in [3.63, 3.8) is 0 Å². The number of esters is 2. The summed E-state index contributed by atoms with van der Waals surface area (Å²) >= 11 is 0. The monoisotopic (exact) mass is 174 g/mol. The predicted molar refractivity (Wildman–Crippen MR) is 33.8 cm³/mol. The Labute approximate surface area is 67.4 Å². The fraction of sp³-hybridized carbons (Fsp3) is 0.333. The molecule has 0 aromatic heterocycles. The van der Waals surface area contributed by atoms with Gasteiger partial charge in [0.2, 0.25) is 18.9 Å². The fourth-order valence-electron chi connectivity index (χ4n) is 0.407. The minimum atomic E-state index is -1.24. The summed E-state index contributed by atoms with van der Waals surface area (Å²) < 4.78 is 8.33. The number of carbonyl (C=O) groups excluding carboxylic acids is 4. The van der Waals surface area contributed by atoms with E-state index in [0.29, 0.717) is 0 Å². The molecule has 0 radical (unpaired) electrons. The summed E-state index contributed by atoms with van der Waals surface area (Å²) in [7, 11) is 0. The zero-order valence-electron chi connectivity index (χ0n) is 6.18. The van der Waals surface area contributed by atoms with Crippen LogP contribution in [-0.2, 0) is 28.7 Å². The smallest absolute Gasteiger partial charge is 0.374 e. The summed E-state index contributed by atoms with van der Waals surface area (Å²) in [5.41, 5.74) is 0. The molecule has 0 bridgehead atoms. The average Bonchev–Trinajstić information content (AvgIpc) is 2.03. The Morgan fingerprint density at radius 3 is 1.67 bits per heavy atom. The molecule has 0 saturated carbocycles. The molecule has 6 heteroatoms. The minimum absolute atomic E-state index is 0.0781. The Balaban J connectivity index is 3.80. The summed E-state index contributed by atoms with van der Waals surface area (Å²) in [5.74, 6) is -2.33. The third kappa shape index (κ3) is 4.15. The molecule has 0 aliphatic rings. The van der Waals surface area contributed by atoms with Gasteiger partial charge in [0.05, 0.1) is 0 Å². The van der Waals surface area contributed by atoms with Crippen molar-refractivity contribution in [3.8, 4) is 0 Å². The van der Waals surface area contributed by atoms with Gasteiger partial charge in [-0.15, -0.1) is 0 Å². The lowest BCUT2D eigenvalue weighted by Gasteiger charge is -2.09. The van der Waals surface area contributed by atoms with Crippen LogP contribution in [0.3, 0.4) is 0 Å². The largest absolute Gasteiger partial charge is 0.420 e. The van der Waals surface area contributed by atoms with E-state index in [1.165, 1.54) is 6.92 Å². The summed E-state index contributed by atoms with van der Waals surface area (Å²) in [4.78, 5) is 39.9. The van der Waals surface area contributed by atoms with Gasteiger partial charge in [0.25, 0.3) is 0 Å². The molecule has 0 unspecified atom stereocenters. The van der Waals surface area contributed by atoms with Gasteiger partial charge in [-0.3, -0.25) is 9.59 Å². The Kier molecular flexibility index (Phi) is 4.28. The highest BCUT2D eigenvalue weighted by molar-refractivity contribution is 6.21. The van der Waals surface area contributed by atoms with Crippen LogP contribution in [0.2, 0.25) is 0 Å². The predicted octanol–water partition coefficient (Wildman–Crippen LogP) is -1.18. The Morgan fingerprint density at radius 1 is 1.08 bits per heavy atom. The van der Waals surface area contributed by atoms with Gasteiger partial charge in [-0.25, -0.2) is 9.59 Å². The second-order valence-electron chi connectivity index (χ2n) is 1.68. The molecule has 0 aromatic carbocycles. The highest BCUT2D eigenvalue weighted by Crippen LogP contribution is 1.92. The Morgan fingerprint density at radius 2 is 1.42 bits per heavy atom. The molecule has 0 atom stereocenters. The van der Waals surface area contributed by atoms with Gasteiger partial charge in [-0.05, 0) is 0 Å². The van der Waals surface area contributed by atoms with Gasteiger partial charge >= 0.3 is 11.9 Å². The van der Waals surface area contributed by atoms with Crippen LogP contribution in [0.1, 0.15) is 6.92 Å². The lowest BCUT2D eigenvalue weighted by molar-refractivity contribution is -0.183. The van der Waals surface area contributed by atoms with E-state index in [4.69, 9.17) is 0 Å². The van der Waals surface area contributed by atoms with Crippen LogP contribution in [0.4, 0.5) is 0 Å². The van der Waals surface area contributed by atoms with Gasteiger partial charge in [-0.1, -0.05) is 0 Å². The molecule has 0 heterocycles. The maximum absolute atomic E-state index is 10.2. The van der Waals surface area contributed by atoms with E-state index in [2.05, 4.69) is 9.47 Å². The van der Waals surface area contributed by atoms with Gasteiger partial charge in [0.1, 0.15) is 0 Å². The summed E-state index contributed by atoms with van der Waals surface area (Å²) in [6.45, 7) is 1.20. The molecule has 0 fully saturated rings. The van der Waals surface area contributed by atoms with Crippen molar-refractivity contribution in [2.75, 3.05) is 0 Å². The van der Waals surface area contributed by atoms with Crippen LogP contribution in [0.15, 0.2) is 0 Å². The van der Waals surface area contributed by atoms with Gasteiger partial charge < -0.3 is 9.47 Å². The third-order valence-electron chi connectivity index (χ3n) is 0.757. The van der Waals surface area contributed by atoms with E-state index in [1.54, 1.807) is 0 Å². The summed E-state index contributed by atoms with van der Waals surface area (Å²) in [6, 6.07) is 0. The van der Waals surface area contributed by atoms with E-state index in [1.807, 2.05) is 0 Å². The van der Waals surface area contributed by atoms with Crippen molar-refractivity contribution < 1.29 is 28.7 Å². The maximum atomic E-state index is 10.2. The van der Waals surface area contributed by atoms with Gasteiger partial charge in [0.15, 0.2) is 0 Å². The second-order valence-corrected chi connectivity index (χ2v) is 1.68. The lowest BCUT2D eigenvalue weighted by atomic mass is 10.7. The zero-order valence-corrected chi connectivity index (χ0v) is 6.18. The molecule has 0 spiro atoms. The Bertz CT molecular complexity index is 186. The molecular formula is C6H6O6. The SMILES string of the molecule is CC(OC(=O)C=O)OC(=O)C=O. The number of ether oxygens (including phenoxy) is 2. The highest BCUT2D eigenvalue weighted by Gasteiger charge is 2.11. The average molecular weight is 174 g/mol. The molecule has 12 heavy (non-hydrogen) atoms. The van der Waals surface area contributed by atoms with E-state index in [9.17, 15) is 19.2 Å². The standard InChI is InChI=1S/C6H6O6/c1-4(11-5(9)2-7)12-6(10)3-8/h2-4H,1H3. The van der Waals surface area contributed by atoms with Crippen molar-refractivity contribution in [1.82, 2.24) is 0 Å². The van der Waals surface area contributed by atoms with Crippen LogP contribution >= 0.6 is 0 Å². The second kappa shape index (κ2) is 5.00. The number of aldehydes is 2. The molecule has 6 nitrogen and oxygen atoms in total. The first kappa shape index (κ1) is 10.3. The quantitative estimate of drug-likeness (QED) is 0.230. The van der Waals surface area contributed by atoms with Crippen molar-refractivity contribution in [1.29, 1.82) is 0 Å². The fourth-order valence-corrected chi connectivity index (χ4v) is 0.407. The van der Waals surface area contributed by atoms with Crippen LogP contribution in [0.5, 0.6) is 0 Å². The molecule has 0 aliphatic heterocycles. The number of hydrogen-bond donors (Lipinski definition) is 0. The van der Waals surface area contributed by atoms with Crippen LogP contribution < -0.4 is 0 Å².